The molecule has 0 radical (unpaired) electrons. The van der Waals surface area contributed by atoms with Crippen LogP contribution in [0.2, 0.25) is 0 Å². The van der Waals surface area contributed by atoms with Gasteiger partial charge in [-0.1, -0.05) is 18.2 Å². The highest BCUT2D eigenvalue weighted by atomic mass is 32.2. The molecule has 0 saturated carbocycles. The summed E-state index contributed by atoms with van der Waals surface area (Å²) in [4.78, 5) is 16.8. The van der Waals surface area contributed by atoms with Crippen molar-refractivity contribution in [2.24, 2.45) is 0 Å². The summed E-state index contributed by atoms with van der Waals surface area (Å²) in [6.45, 7) is 0.257. The first-order valence-corrected chi connectivity index (χ1v) is 10.9. The van der Waals surface area contributed by atoms with Gasteiger partial charge in [0.05, 0.1) is 10.5 Å². The maximum atomic E-state index is 13.0. The van der Waals surface area contributed by atoms with E-state index >= 15 is 0 Å². The topological polar surface area (TPSA) is 99.0 Å². The molecule has 1 amide bonds. The Morgan fingerprint density at radius 1 is 1.06 bits per heavy atom. The summed E-state index contributed by atoms with van der Waals surface area (Å²) in [7, 11) is -3.77. The zero-order valence-electron chi connectivity index (χ0n) is 16.2. The molecule has 3 heterocycles. The van der Waals surface area contributed by atoms with Gasteiger partial charge in [-0.2, -0.15) is 0 Å². The summed E-state index contributed by atoms with van der Waals surface area (Å²) in [5.74, 6) is 0.410. The molecule has 4 aromatic rings. The highest BCUT2D eigenvalue weighted by Gasteiger charge is 2.27. The molecular formula is C22H17N3O5S. The second-order valence-corrected chi connectivity index (χ2v) is 8.85. The number of aromatic nitrogens is 2. The molecule has 1 N–H and O–H groups in total. The molecule has 156 valence electrons. The third-order valence-corrected chi connectivity index (χ3v) is 6.78. The molecule has 0 aliphatic carbocycles. The number of ether oxygens (including phenoxy) is 2. The van der Waals surface area contributed by atoms with Gasteiger partial charge in [-0.05, 0) is 42.0 Å². The SMILES string of the molecule is O=C(NCc1ccc(S(=O)(=O)c2cccc3c2OCO3)cc1)c1ccc2nccn2c1. The van der Waals surface area contributed by atoms with Gasteiger partial charge in [0.2, 0.25) is 16.6 Å². The summed E-state index contributed by atoms with van der Waals surface area (Å²) < 4.78 is 38.4. The maximum Gasteiger partial charge on any atom is 0.253 e. The molecule has 8 nitrogen and oxygen atoms in total. The summed E-state index contributed by atoms with van der Waals surface area (Å²) in [6, 6.07) is 14.6. The smallest absolute Gasteiger partial charge is 0.253 e. The molecular weight excluding hydrogens is 418 g/mol. The first kappa shape index (κ1) is 19.1. The molecule has 2 aromatic heterocycles. The van der Waals surface area contributed by atoms with Gasteiger partial charge >= 0.3 is 0 Å². The van der Waals surface area contributed by atoms with Crippen molar-refractivity contribution in [3.05, 3.63) is 84.3 Å². The molecule has 0 fully saturated rings. The molecule has 9 heteroatoms. The molecule has 1 aliphatic rings. The van der Waals surface area contributed by atoms with E-state index in [2.05, 4.69) is 10.3 Å². The van der Waals surface area contributed by atoms with Crippen molar-refractivity contribution in [2.75, 3.05) is 6.79 Å². The lowest BCUT2D eigenvalue weighted by molar-refractivity contribution is 0.0950. The predicted molar refractivity (Wildman–Crippen MR) is 111 cm³/mol. The lowest BCUT2D eigenvalue weighted by Gasteiger charge is -2.09. The van der Waals surface area contributed by atoms with Crippen molar-refractivity contribution in [3.8, 4) is 11.5 Å². The fourth-order valence-electron chi connectivity index (χ4n) is 3.37. The van der Waals surface area contributed by atoms with Crippen LogP contribution in [-0.4, -0.2) is 30.5 Å². The van der Waals surface area contributed by atoms with Crippen molar-refractivity contribution >= 4 is 21.4 Å². The second-order valence-electron chi connectivity index (χ2n) is 6.93. The third kappa shape index (κ3) is 3.49. The lowest BCUT2D eigenvalue weighted by atomic mass is 10.2. The minimum atomic E-state index is -3.77. The fourth-order valence-corrected chi connectivity index (χ4v) is 4.78. The predicted octanol–water partition coefficient (Wildman–Crippen LogP) is 2.83. The first-order valence-electron chi connectivity index (χ1n) is 9.46. The number of hydrogen-bond acceptors (Lipinski definition) is 6. The number of pyridine rings is 1. The Morgan fingerprint density at radius 2 is 1.90 bits per heavy atom. The highest BCUT2D eigenvalue weighted by Crippen LogP contribution is 2.40. The number of fused-ring (bicyclic) bond motifs is 2. The van der Waals surface area contributed by atoms with E-state index in [0.29, 0.717) is 11.3 Å². The van der Waals surface area contributed by atoms with Crippen LogP contribution in [0.4, 0.5) is 0 Å². The molecule has 0 atom stereocenters. The quantitative estimate of drug-likeness (QED) is 0.518. The average Bonchev–Trinajstić information content (AvgIpc) is 3.46. The molecule has 0 bridgehead atoms. The van der Waals surface area contributed by atoms with Crippen molar-refractivity contribution < 1.29 is 22.7 Å². The van der Waals surface area contributed by atoms with Crippen molar-refractivity contribution in [3.63, 3.8) is 0 Å². The molecule has 0 saturated heterocycles. The van der Waals surface area contributed by atoms with Crippen LogP contribution < -0.4 is 14.8 Å². The summed E-state index contributed by atoms with van der Waals surface area (Å²) >= 11 is 0. The van der Waals surface area contributed by atoms with Crippen molar-refractivity contribution in [1.82, 2.24) is 14.7 Å². The molecule has 1 aliphatic heterocycles. The van der Waals surface area contributed by atoms with Gasteiger partial charge < -0.3 is 19.2 Å². The van der Waals surface area contributed by atoms with Gasteiger partial charge in [-0.3, -0.25) is 4.79 Å². The number of rotatable bonds is 5. The van der Waals surface area contributed by atoms with E-state index in [0.717, 1.165) is 11.2 Å². The number of carbonyl (C=O) groups excluding carboxylic acids is 1. The Bertz CT molecular complexity index is 1390. The maximum absolute atomic E-state index is 13.0. The minimum absolute atomic E-state index is 0.00567. The number of sulfone groups is 1. The molecule has 2 aromatic carbocycles. The standard InChI is InChI=1S/C22H17N3O5S/c26-22(16-6-9-20-23-10-11-25(20)13-16)24-12-15-4-7-17(8-5-15)31(27,28)19-3-1-2-18-21(19)30-14-29-18/h1-11,13H,12,14H2,(H,24,26). The number of carbonyl (C=O) groups is 1. The van der Waals surface area contributed by atoms with Gasteiger partial charge in [-0.15, -0.1) is 0 Å². The van der Waals surface area contributed by atoms with Gasteiger partial charge in [0.25, 0.3) is 5.91 Å². The van der Waals surface area contributed by atoms with Crippen LogP contribution in [0.25, 0.3) is 5.65 Å². The fraction of sp³-hybridized carbons (Fsp3) is 0.0909. The normalized spacial score (nSPS) is 12.8. The van der Waals surface area contributed by atoms with Gasteiger partial charge in [-0.25, -0.2) is 13.4 Å². The Hall–Kier alpha value is -3.85. The second kappa shape index (κ2) is 7.44. The largest absolute Gasteiger partial charge is 0.454 e. The Kier molecular flexibility index (Phi) is 4.59. The van der Waals surface area contributed by atoms with Gasteiger partial charge in [0, 0.05) is 25.1 Å². The first-order chi connectivity index (χ1) is 15.0. The van der Waals surface area contributed by atoms with E-state index in [4.69, 9.17) is 9.47 Å². The molecule has 0 unspecified atom stereocenters. The minimum Gasteiger partial charge on any atom is -0.454 e. The number of imidazole rings is 1. The van der Waals surface area contributed by atoms with Crippen LogP contribution >= 0.6 is 0 Å². The van der Waals surface area contributed by atoms with Gasteiger partial charge in [0.15, 0.2) is 11.5 Å². The Balaban J connectivity index is 1.31. The number of amides is 1. The van der Waals surface area contributed by atoms with Crippen LogP contribution in [0.15, 0.2) is 83.0 Å². The molecule has 31 heavy (non-hydrogen) atoms. The van der Waals surface area contributed by atoms with E-state index < -0.39 is 9.84 Å². The number of para-hydroxylation sites is 1. The van der Waals surface area contributed by atoms with Crippen molar-refractivity contribution in [1.29, 1.82) is 0 Å². The van der Waals surface area contributed by atoms with E-state index in [1.165, 1.54) is 18.2 Å². The van der Waals surface area contributed by atoms with Crippen LogP contribution in [0.1, 0.15) is 15.9 Å². The number of hydrogen-bond donors (Lipinski definition) is 1. The molecule has 0 spiro atoms. The Labute approximate surface area is 178 Å². The van der Waals surface area contributed by atoms with E-state index in [1.807, 2.05) is 0 Å². The molecule has 5 rings (SSSR count). The summed E-state index contributed by atoms with van der Waals surface area (Å²) in [6.07, 6.45) is 5.14. The lowest BCUT2D eigenvalue weighted by Crippen LogP contribution is -2.23. The van der Waals surface area contributed by atoms with E-state index in [1.54, 1.807) is 59.4 Å². The summed E-state index contributed by atoms with van der Waals surface area (Å²) in [5.41, 5.74) is 2.04. The zero-order valence-corrected chi connectivity index (χ0v) is 17.0. The van der Waals surface area contributed by atoms with Crippen LogP contribution in [-0.2, 0) is 16.4 Å². The summed E-state index contributed by atoms with van der Waals surface area (Å²) in [5, 5.41) is 2.84. The highest BCUT2D eigenvalue weighted by molar-refractivity contribution is 7.91. The van der Waals surface area contributed by atoms with Crippen LogP contribution in [0.5, 0.6) is 11.5 Å². The van der Waals surface area contributed by atoms with E-state index in [9.17, 15) is 13.2 Å². The van der Waals surface area contributed by atoms with Crippen molar-refractivity contribution in [2.45, 2.75) is 16.3 Å². The van der Waals surface area contributed by atoms with Crippen LogP contribution in [0.3, 0.4) is 0 Å². The Morgan fingerprint density at radius 3 is 2.74 bits per heavy atom. The monoisotopic (exact) mass is 435 g/mol. The zero-order chi connectivity index (χ0) is 21.4. The third-order valence-electron chi connectivity index (χ3n) is 4.99. The number of nitrogens with one attached hydrogen (secondary N) is 1. The number of nitrogens with zero attached hydrogens (tertiary/aromatic N) is 2. The van der Waals surface area contributed by atoms with E-state index in [-0.39, 0.29) is 34.8 Å². The number of benzene rings is 2. The van der Waals surface area contributed by atoms with Gasteiger partial charge in [0.1, 0.15) is 10.5 Å². The van der Waals surface area contributed by atoms with Crippen LogP contribution in [0, 0.1) is 0 Å². The average molecular weight is 435 g/mol.